The lowest BCUT2D eigenvalue weighted by atomic mass is 10.1. The average molecular weight is 292 g/mol. The molecule has 0 bridgehead atoms. The number of benzene rings is 2. The molecule has 0 aliphatic carbocycles. The molecule has 0 unspecified atom stereocenters. The van der Waals surface area contributed by atoms with Crippen LogP contribution >= 0.6 is 0 Å². The summed E-state index contributed by atoms with van der Waals surface area (Å²) in [7, 11) is 1.43. The number of rotatable bonds is 3. The van der Waals surface area contributed by atoms with Gasteiger partial charge >= 0.3 is 0 Å². The summed E-state index contributed by atoms with van der Waals surface area (Å²) in [6.07, 6.45) is 0. The second-order valence-corrected chi connectivity index (χ2v) is 4.51. The highest BCUT2D eigenvalue weighted by molar-refractivity contribution is 6.06. The number of halogens is 2. The van der Waals surface area contributed by atoms with E-state index in [0.29, 0.717) is 11.8 Å². The Hall–Kier alpha value is -2.63. The molecule has 0 fully saturated rings. The number of nitrogens with one attached hydrogen (secondary N) is 1. The van der Waals surface area contributed by atoms with Crippen LogP contribution in [0.4, 0.5) is 20.2 Å². The number of nitrogen functional groups attached to an aromatic ring is 1. The standard InChI is InChI=1S/C15H14F2N2O2/c1-8-3-4-14(21-2)9(5-8)15(20)19-13-7-12(18)10(16)6-11(13)17/h3-7H,18H2,1-2H3,(H,19,20). The largest absolute Gasteiger partial charge is 0.496 e. The number of aryl methyl sites for hydroxylation is 1. The minimum Gasteiger partial charge on any atom is -0.496 e. The summed E-state index contributed by atoms with van der Waals surface area (Å²) in [4.78, 5) is 12.2. The predicted molar refractivity (Wildman–Crippen MR) is 76.5 cm³/mol. The Morgan fingerprint density at radius 2 is 1.90 bits per heavy atom. The van der Waals surface area contributed by atoms with Crippen LogP contribution in [-0.4, -0.2) is 13.0 Å². The third kappa shape index (κ3) is 3.10. The van der Waals surface area contributed by atoms with Crippen LogP contribution in [0.15, 0.2) is 30.3 Å². The first kappa shape index (κ1) is 14.8. The molecule has 0 atom stereocenters. The van der Waals surface area contributed by atoms with E-state index in [2.05, 4.69) is 5.32 Å². The van der Waals surface area contributed by atoms with Gasteiger partial charge in [-0.3, -0.25) is 4.79 Å². The Balaban J connectivity index is 2.34. The number of nitrogens with two attached hydrogens (primary N) is 1. The molecule has 110 valence electrons. The third-order valence-corrected chi connectivity index (χ3v) is 2.93. The molecule has 3 N–H and O–H groups in total. The zero-order chi connectivity index (χ0) is 15.6. The van der Waals surface area contributed by atoms with Gasteiger partial charge in [0.25, 0.3) is 5.91 Å². The Morgan fingerprint density at radius 3 is 2.57 bits per heavy atom. The van der Waals surface area contributed by atoms with Gasteiger partial charge in [-0.15, -0.1) is 0 Å². The summed E-state index contributed by atoms with van der Waals surface area (Å²) in [6.45, 7) is 1.81. The maximum Gasteiger partial charge on any atom is 0.259 e. The number of anilines is 2. The van der Waals surface area contributed by atoms with E-state index in [4.69, 9.17) is 10.5 Å². The molecule has 2 rings (SSSR count). The van der Waals surface area contributed by atoms with Crippen LogP contribution in [0.3, 0.4) is 0 Å². The molecule has 0 heterocycles. The molecule has 2 aromatic carbocycles. The van der Waals surface area contributed by atoms with Crippen LogP contribution < -0.4 is 15.8 Å². The maximum absolute atomic E-state index is 13.6. The number of carbonyl (C=O) groups is 1. The highest BCUT2D eigenvalue weighted by Gasteiger charge is 2.16. The van der Waals surface area contributed by atoms with Crippen LogP contribution in [0, 0.1) is 18.6 Å². The van der Waals surface area contributed by atoms with Crippen LogP contribution in [0.25, 0.3) is 0 Å². The summed E-state index contributed by atoms with van der Waals surface area (Å²) in [6, 6.07) is 6.69. The maximum atomic E-state index is 13.6. The summed E-state index contributed by atoms with van der Waals surface area (Å²) in [5, 5.41) is 2.36. The Bertz CT molecular complexity index is 702. The molecular formula is C15H14F2N2O2. The lowest BCUT2D eigenvalue weighted by Crippen LogP contribution is -2.15. The van der Waals surface area contributed by atoms with E-state index in [-0.39, 0.29) is 16.9 Å². The highest BCUT2D eigenvalue weighted by atomic mass is 19.1. The molecular weight excluding hydrogens is 278 g/mol. The molecule has 2 aromatic rings. The summed E-state index contributed by atoms with van der Waals surface area (Å²) >= 11 is 0. The molecule has 0 saturated heterocycles. The first-order valence-electron chi connectivity index (χ1n) is 6.13. The molecule has 0 spiro atoms. The third-order valence-electron chi connectivity index (χ3n) is 2.93. The first-order valence-corrected chi connectivity index (χ1v) is 6.13. The van der Waals surface area contributed by atoms with Crippen molar-refractivity contribution >= 4 is 17.3 Å². The molecule has 0 radical (unpaired) electrons. The summed E-state index contributed by atoms with van der Waals surface area (Å²) < 4.78 is 31.8. The lowest BCUT2D eigenvalue weighted by Gasteiger charge is -2.11. The van der Waals surface area contributed by atoms with Crippen molar-refractivity contribution in [3.63, 3.8) is 0 Å². The van der Waals surface area contributed by atoms with Crippen LogP contribution in [0.2, 0.25) is 0 Å². The monoisotopic (exact) mass is 292 g/mol. The topological polar surface area (TPSA) is 64.3 Å². The lowest BCUT2D eigenvalue weighted by molar-refractivity contribution is 0.102. The van der Waals surface area contributed by atoms with E-state index in [1.807, 2.05) is 6.92 Å². The van der Waals surface area contributed by atoms with Crippen molar-refractivity contribution in [2.45, 2.75) is 6.92 Å². The van der Waals surface area contributed by atoms with Gasteiger partial charge in [0.15, 0.2) is 0 Å². The molecule has 4 nitrogen and oxygen atoms in total. The van der Waals surface area contributed by atoms with Crippen molar-refractivity contribution in [1.82, 2.24) is 0 Å². The van der Waals surface area contributed by atoms with E-state index in [9.17, 15) is 13.6 Å². The zero-order valence-corrected chi connectivity index (χ0v) is 11.5. The van der Waals surface area contributed by atoms with Crippen LogP contribution in [-0.2, 0) is 0 Å². The van der Waals surface area contributed by atoms with Crippen LogP contribution in [0.1, 0.15) is 15.9 Å². The fraction of sp³-hybridized carbons (Fsp3) is 0.133. The van der Waals surface area contributed by atoms with Gasteiger partial charge < -0.3 is 15.8 Å². The zero-order valence-electron chi connectivity index (χ0n) is 11.5. The van der Waals surface area contributed by atoms with Crippen molar-refractivity contribution in [1.29, 1.82) is 0 Å². The van der Waals surface area contributed by atoms with Gasteiger partial charge in [0.2, 0.25) is 0 Å². The molecule has 0 aliphatic heterocycles. The number of amides is 1. The Labute approximate surface area is 120 Å². The smallest absolute Gasteiger partial charge is 0.259 e. The van der Waals surface area contributed by atoms with E-state index >= 15 is 0 Å². The van der Waals surface area contributed by atoms with Crippen molar-refractivity contribution in [2.75, 3.05) is 18.2 Å². The minimum absolute atomic E-state index is 0.192. The predicted octanol–water partition coefficient (Wildman–Crippen LogP) is 3.12. The van der Waals surface area contributed by atoms with Crippen molar-refractivity contribution in [3.05, 3.63) is 53.1 Å². The number of methoxy groups -OCH3 is 1. The SMILES string of the molecule is COc1ccc(C)cc1C(=O)Nc1cc(N)c(F)cc1F. The Morgan fingerprint density at radius 1 is 1.19 bits per heavy atom. The summed E-state index contributed by atoms with van der Waals surface area (Å²) in [5.74, 6) is -1.99. The number of hydrogen-bond acceptors (Lipinski definition) is 3. The highest BCUT2D eigenvalue weighted by Crippen LogP contribution is 2.24. The van der Waals surface area contributed by atoms with Gasteiger partial charge in [0, 0.05) is 6.07 Å². The van der Waals surface area contributed by atoms with Gasteiger partial charge in [0.1, 0.15) is 17.4 Å². The van der Waals surface area contributed by atoms with Crippen molar-refractivity contribution < 1.29 is 18.3 Å². The number of hydrogen-bond donors (Lipinski definition) is 2. The Kier molecular flexibility index (Phi) is 4.07. The number of ether oxygens (including phenoxy) is 1. The van der Waals surface area contributed by atoms with E-state index < -0.39 is 17.5 Å². The van der Waals surface area contributed by atoms with E-state index in [1.165, 1.54) is 7.11 Å². The molecule has 6 heteroatoms. The molecule has 0 aliphatic rings. The normalized spacial score (nSPS) is 10.3. The molecule has 1 amide bonds. The average Bonchev–Trinajstić information content (AvgIpc) is 2.44. The van der Waals surface area contributed by atoms with E-state index in [1.54, 1.807) is 18.2 Å². The number of carbonyl (C=O) groups excluding carboxylic acids is 1. The van der Waals surface area contributed by atoms with Crippen LogP contribution in [0.5, 0.6) is 5.75 Å². The molecule has 21 heavy (non-hydrogen) atoms. The van der Waals surface area contributed by atoms with Gasteiger partial charge in [-0.2, -0.15) is 0 Å². The second-order valence-electron chi connectivity index (χ2n) is 4.51. The summed E-state index contributed by atoms with van der Waals surface area (Å²) in [5.41, 5.74) is 6.02. The van der Waals surface area contributed by atoms with Gasteiger partial charge in [-0.1, -0.05) is 11.6 Å². The van der Waals surface area contributed by atoms with Gasteiger partial charge in [0.05, 0.1) is 24.0 Å². The minimum atomic E-state index is -0.901. The van der Waals surface area contributed by atoms with Crippen molar-refractivity contribution in [2.24, 2.45) is 0 Å². The van der Waals surface area contributed by atoms with Crippen molar-refractivity contribution in [3.8, 4) is 5.75 Å². The fourth-order valence-corrected chi connectivity index (χ4v) is 1.85. The molecule has 0 saturated carbocycles. The van der Waals surface area contributed by atoms with Gasteiger partial charge in [-0.25, -0.2) is 8.78 Å². The fourth-order valence-electron chi connectivity index (χ4n) is 1.85. The first-order chi connectivity index (χ1) is 9.92. The van der Waals surface area contributed by atoms with E-state index in [0.717, 1.165) is 11.6 Å². The second kappa shape index (κ2) is 5.78. The quantitative estimate of drug-likeness (QED) is 0.854. The van der Waals surface area contributed by atoms with Gasteiger partial charge in [-0.05, 0) is 25.1 Å². The molecule has 0 aromatic heterocycles.